The smallest absolute Gasteiger partial charge is 0.253 e. The van der Waals surface area contributed by atoms with Crippen molar-refractivity contribution in [2.45, 2.75) is 25.4 Å². The van der Waals surface area contributed by atoms with E-state index in [2.05, 4.69) is 15.6 Å². The van der Waals surface area contributed by atoms with Crippen molar-refractivity contribution in [2.75, 3.05) is 18.5 Å². The number of para-hydroxylation sites is 1. The molecule has 7 nitrogen and oxygen atoms in total. The lowest BCUT2D eigenvalue weighted by Crippen LogP contribution is -2.32. The second-order valence-electron chi connectivity index (χ2n) is 6.74. The Labute approximate surface area is 172 Å². The largest absolute Gasteiger partial charge is 0.462 e. The number of ether oxygens (including phenoxy) is 1. The lowest BCUT2D eigenvalue weighted by atomic mass is 10.1. The molecule has 150 valence electrons. The zero-order valence-corrected chi connectivity index (χ0v) is 16.5. The van der Waals surface area contributed by atoms with Gasteiger partial charge in [-0.25, -0.2) is 4.98 Å². The van der Waals surface area contributed by atoms with Gasteiger partial charge in [-0.1, -0.05) is 12.1 Å². The highest BCUT2D eigenvalue weighted by molar-refractivity contribution is 7.13. The molecule has 0 radical (unpaired) electrons. The van der Waals surface area contributed by atoms with Crippen LogP contribution in [0.3, 0.4) is 0 Å². The van der Waals surface area contributed by atoms with Crippen LogP contribution in [0.4, 0.5) is 5.69 Å². The molecule has 3 aromatic rings. The molecule has 1 unspecified atom stereocenters. The molecule has 0 aliphatic carbocycles. The van der Waals surface area contributed by atoms with Gasteiger partial charge in [-0.15, -0.1) is 11.3 Å². The fraction of sp³-hybridized carbons (Fsp3) is 0.286. The maximum absolute atomic E-state index is 12.6. The van der Waals surface area contributed by atoms with Crippen LogP contribution in [-0.2, 0) is 16.0 Å². The third-order valence-corrected chi connectivity index (χ3v) is 5.49. The van der Waals surface area contributed by atoms with Crippen LogP contribution in [-0.4, -0.2) is 36.1 Å². The predicted molar refractivity (Wildman–Crippen MR) is 110 cm³/mol. The van der Waals surface area contributed by atoms with Crippen LogP contribution in [0.25, 0.3) is 10.8 Å². The van der Waals surface area contributed by atoms with Crippen LogP contribution in [0.15, 0.2) is 52.5 Å². The highest BCUT2D eigenvalue weighted by Crippen LogP contribution is 2.24. The van der Waals surface area contributed by atoms with Crippen molar-refractivity contribution in [3.8, 4) is 10.8 Å². The first-order valence-corrected chi connectivity index (χ1v) is 10.3. The number of carbonyl (C=O) groups is 2. The highest BCUT2D eigenvalue weighted by Gasteiger charge is 2.19. The molecule has 29 heavy (non-hydrogen) atoms. The second-order valence-corrected chi connectivity index (χ2v) is 7.59. The number of carbonyl (C=O) groups excluding carboxylic acids is 2. The molecule has 0 saturated carbocycles. The summed E-state index contributed by atoms with van der Waals surface area (Å²) < 4.78 is 10.9. The maximum Gasteiger partial charge on any atom is 0.253 e. The Hall–Kier alpha value is -2.97. The molecule has 2 N–H and O–H groups in total. The van der Waals surface area contributed by atoms with Gasteiger partial charge >= 0.3 is 0 Å². The number of anilines is 1. The van der Waals surface area contributed by atoms with E-state index in [1.54, 1.807) is 36.6 Å². The number of amides is 2. The van der Waals surface area contributed by atoms with Crippen LogP contribution in [0.5, 0.6) is 0 Å². The first kappa shape index (κ1) is 19.4. The summed E-state index contributed by atoms with van der Waals surface area (Å²) in [5, 5.41) is 8.27. The molecule has 0 spiro atoms. The number of nitrogens with zero attached hydrogens (tertiary/aromatic N) is 1. The van der Waals surface area contributed by atoms with Crippen LogP contribution in [0.2, 0.25) is 0 Å². The van der Waals surface area contributed by atoms with E-state index in [-0.39, 0.29) is 24.3 Å². The average Bonchev–Trinajstić information content (AvgIpc) is 3.48. The summed E-state index contributed by atoms with van der Waals surface area (Å²) in [6, 6.07) is 10.6. The number of hydrogen-bond acceptors (Lipinski definition) is 6. The molecule has 1 fully saturated rings. The van der Waals surface area contributed by atoms with Crippen molar-refractivity contribution in [1.82, 2.24) is 10.3 Å². The minimum Gasteiger partial charge on any atom is -0.462 e. The lowest BCUT2D eigenvalue weighted by molar-refractivity contribution is -0.115. The maximum atomic E-state index is 12.6. The summed E-state index contributed by atoms with van der Waals surface area (Å²) in [4.78, 5) is 29.5. The highest BCUT2D eigenvalue weighted by atomic mass is 32.1. The van der Waals surface area contributed by atoms with Gasteiger partial charge in [0.25, 0.3) is 5.91 Å². The summed E-state index contributed by atoms with van der Waals surface area (Å²) >= 11 is 1.42. The first-order valence-electron chi connectivity index (χ1n) is 9.46. The lowest BCUT2D eigenvalue weighted by Gasteiger charge is -2.13. The van der Waals surface area contributed by atoms with Gasteiger partial charge in [0.15, 0.2) is 10.8 Å². The molecule has 1 atom stereocenters. The molecule has 2 aromatic heterocycles. The van der Waals surface area contributed by atoms with E-state index in [0.29, 0.717) is 29.2 Å². The molecule has 2 amide bonds. The quantitative estimate of drug-likeness (QED) is 0.621. The van der Waals surface area contributed by atoms with E-state index in [9.17, 15) is 9.59 Å². The van der Waals surface area contributed by atoms with E-state index in [1.807, 2.05) is 11.4 Å². The summed E-state index contributed by atoms with van der Waals surface area (Å²) in [6.07, 6.45) is 3.74. The topological polar surface area (TPSA) is 93.5 Å². The molecule has 1 saturated heterocycles. The Bertz CT molecular complexity index is 977. The average molecular weight is 411 g/mol. The van der Waals surface area contributed by atoms with Crippen molar-refractivity contribution in [3.63, 3.8) is 0 Å². The van der Waals surface area contributed by atoms with Gasteiger partial charge < -0.3 is 19.8 Å². The van der Waals surface area contributed by atoms with Crippen molar-refractivity contribution >= 4 is 28.8 Å². The van der Waals surface area contributed by atoms with E-state index in [4.69, 9.17) is 9.15 Å². The Morgan fingerprint density at radius 1 is 1.21 bits per heavy atom. The molecular formula is C21H21N3O4S. The van der Waals surface area contributed by atoms with E-state index < -0.39 is 0 Å². The fourth-order valence-corrected chi connectivity index (χ4v) is 3.94. The van der Waals surface area contributed by atoms with E-state index in [0.717, 1.165) is 24.5 Å². The van der Waals surface area contributed by atoms with Gasteiger partial charge in [-0.05, 0) is 37.1 Å². The molecule has 1 aliphatic rings. The van der Waals surface area contributed by atoms with Crippen molar-refractivity contribution < 1.29 is 18.7 Å². The first-order chi connectivity index (χ1) is 14.2. The number of rotatable bonds is 7. The summed E-state index contributed by atoms with van der Waals surface area (Å²) in [6.45, 7) is 1.21. The van der Waals surface area contributed by atoms with Crippen LogP contribution in [0.1, 0.15) is 28.9 Å². The molecule has 3 heterocycles. The van der Waals surface area contributed by atoms with Gasteiger partial charge in [-0.3, -0.25) is 9.59 Å². The third kappa shape index (κ3) is 4.90. The minimum atomic E-state index is -0.235. The third-order valence-electron chi connectivity index (χ3n) is 4.59. The number of aromatic nitrogens is 1. The number of hydrogen-bond donors (Lipinski definition) is 2. The summed E-state index contributed by atoms with van der Waals surface area (Å²) in [7, 11) is 0. The van der Waals surface area contributed by atoms with E-state index >= 15 is 0 Å². The van der Waals surface area contributed by atoms with Gasteiger partial charge in [0.2, 0.25) is 5.91 Å². The molecule has 1 aliphatic heterocycles. The van der Waals surface area contributed by atoms with Gasteiger partial charge in [-0.2, -0.15) is 0 Å². The molecule has 4 rings (SSSR count). The van der Waals surface area contributed by atoms with Crippen molar-refractivity contribution in [1.29, 1.82) is 0 Å². The number of furan rings is 1. The second kappa shape index (κ2) is 9.02. The zero-order valence-electron chi connectivity index (χ0n) is 15.7. The van der Waals surface area contributed by atoms with E-state index in [1.165, 1.54) is 11.3 Å². The predicted octanol–water partition coefficient (Wildman–Crippen LogP) is 3.49. The van der Waals surface area contributed by atoms with Gasteiger partial charge in [0.1, 0.15) is 0 Å². The number of nitrogens with one attached hydrogen (secondary N) is 2. The normalized spacial score (nSPS) is 15.9. The SMILES string of the molecule is O=C(Cc1csc(-c2ccco2)n1)Nc1ccccc1C(=O)NCC1CCCO1. The summed E-state index contributed by atoms with van der Waals surface area (Å²) in [5.41, 5.74) is 1.55. The Morgan fingerprint density at radius 2 is 2.10 bits per heavy atom. The number of benzene rings is 1. The molecule has 1 aromatic carbocycles. The summed E-state index contributed by atoms with van der Waals surface area (Å²) in [5.74, 6) is 0.209. The van der Waals surface area contributed by atoms with Gasteiger partial charge in [0.05, 0.1) is 35.7 Å². The Balaban J connectivity index is 1.37. The number of thiazole rings is 1. The molecule has 0 bridgehead atoms. The fourth-order valence-electron chi connectivity index (χ4n) is 3.16. The van der Waals surface area contributed by atoms with Gasteiger partial charge in [0, 0.05) is 18.5 Å². The van der Waals surface area contributed by atoms with Crippen LogP contribution in [0, 0.1) is 0 Å². The standard InChI is InChI=1S/C21H21N3O4S/c25-19(11-14-13-29-21(23-14)18-8-4-10-28-18)24-17-7-2-1-6-16(17)20(26)22-12-15-5-3-9-27-15/h1-2,4,6-8,10,13,15H,3,5,9,11-12H2,(H,22,26)(H,24,25). The Morgan fingerprint density at radius 3 is 2.90 bits per heavy atom. The van der Waals surface area contributed by atoms with Crippen LogP contribution >= 0.6 is 11.3 Å². The van der Waals surface area contributed by atoms with Crippen molar-refractivity contribution in [2.24, 2.45) is 0 Å². The Kier molecular flexibility index (Phi) is 6.02. The van der Waals surface area contributed by atoms with Crippen LogP contribution < -0.4 is 10.6 Å². The molecular weight excluding hydrogens is 390 g/mol. The zero-order chi connectivity index (χ0) is 20.1. The van der Waals surface area contributed by atoms with Crippen molar-refractivity contribution in [3.05, 3.63) is 59.3 Å². The minimum absolute atomic E-state index is 0.0636. The molecule has 8 heteroatoms. The monoisotopic (exact) mass is 411 g/mol.